The van der Waals surface area contributed by atoms with Gasteiger partial charge in [-0.3, -0.25) is 4.79 Å². The van der Waals surface area contributed by atoms with Crippen LogP contribution < -0.4 is 5.32 Å². The quantitative estimate of drug-likeness (QED) is 0.463. The van der Waals surface area contributed by atoms with Crippen LogP contribution in [-0.4, -0.2) is 36.9 Å². The highest BCUT2D eigenvalue weighted by atomic mass is 16.5. The largest absolute Gasteiger partial charge is 0.393 e. The van der Waals surface area contributed by atoms with E-state index in [0.29, 0.717) is 19.8 Å². The SMILES string of the molecule is CC(=O)NCC(C)(C)COCCC(C)(C)CC(C)O.CCCCC(C)C. The van der Waals surface area contributed by atoms with Gasteiger partial charge in [0.15, 0.2) is 0 Å². The number of ether oxygens (including phenoxy) is 1. The number of amides is 1. The summed E-state index contributed by atoms with van der Waals surface area (Å²) in [6.45, 7) is 20.5. The number of carbonyl (C=O) groups excluding carboxylic acids is 1. The highest BCUT2D eigenvalue weighted by Crippen LogP contribution is 2.27. The second-order valence-corrected chi connectivity index (χ2v) is 9.63. The van der Waals surface area contributed by atoms with Crippen LogP contribution in [0.25, 0.3) is 0 Å². The van der Waals surface area contributed by atoms with Crippen LogP contribution in [0.5, 0.6) is 0 Å². The van der Waals surface area contributed by atoms with E-state index in [2.05, 4.69) is 53.8 Å². The molecule has 0 rings (SSSR count). The van der Waals surface area contributed by atoms with Crippen molar-refractivity contribution in [1.29, 1.82) is 0 Å². The lowest BCUT2D eigenvalue weighted by Gasteiger charge is -2.28. The predicted octanol–water partition coefficient (Wildman–Crippen LogP) is 5.19. The number of hydrogen-bond acceptors (Lipinski definition) is 3. The number of rotatable bonds is 12. The Bertz CT molecular complexity index is 349. The van der Waals surface area contributed by atoms with Crippen LogP contribution in [0.3, 0.4) is 0 Å². The second kappa shape index (κ2) is 14.4. The number of carbonyl (C=O) groups is 1. The Balaban J connectivity index is 0. The van der Waals surface area contributed by atoms with E-state index in [1.807, 2.05) is 6.92 Å². The Kier molecular flexibility index (Phi) is 15.3. The van der Waals surface area contributed by atoms with Crippen molar-refractivity contribution in [3.05, 3.63) is 0 Å². The maximum Gasteiger partial charge on any atom is 0.216 e. The molecule has 0 aliphatic heterocycles. The minimum atomic E-state index is -0.272. The first-order valence-electron chi connectivity index (χ1n) is 10.3. The average Bonchev–Trinajstić information content (AvgIpc) is 2.47. The number of unbranched alkanes of at least 4 members (excludes halogenated alkanes) is 1. The van der Waals surface area contributed by atoms with Crippen LogP contribution in [0, 0.1) is 16.7 Å². The Morgan fingerprint density at radius 1 is 1.12 bits per heavy atom. The molecule has 158 valence electrons. The molecular weight excluding hydrogens is 326 g/mol. The van der Waals surface area contributed by atoms with E-state index < -0.39 is 0 Å². The first-order valence-corrected chi connectivity index (χ1v) is 10.3. The summed E-state index contributed by atoms with van der Waals surface area (Å²) in [6.07, 6.45) is 5.58. The lowest BCUT2D eigenvalue weighted by atomic mass is 9.84. The summed E-state index contributed by atoms with van der Waals surface area (Å²) < 4.78 is 5.72. The normalized spacial score (nSPS) is 13.2. The molecular formula is C22H47NO3. The van der Waals surface area contributed by atoms with Crippen molar-refractivity contribution < 1.29 is 14.6 Å². The summed E-state index contributed by atoms with van der Waals surface area (Å²) in [5, 5.41) is 12.2. The first kappa shape index (κ1) is 27.6. The van der Waals surface area contributed by atoms with E-state index in [1.54, 1.807) is 0 Å². The van der Waals surface area contributed by atoms with Crippen LogP contribution in [0.2, 0.25) is 0 Å². The van der Waals surface area contributed by atoms with Crippen molar-refractivity contribution in [2.24, 2.45) is 16.7 Å². The molecule has 26 heavy (non-hydrogen) atoms. The molecule has 0 aliphatic rings. The number of aliphatic hydroxyl groups excluding tert-OH is 1. The zero-order valence-corrected chi connectivity index (χ0v) is 19.1. The molecule has 0 aromatic heterocycles. The monoisotopic (exact) mass is 373 g/mol. The Labute approximate surface area is 163 Å². The van der Waals surface area contributed by atoms with Crippen molar-refractivity contribution in [1.82, 2.24) is 5.32 Å². The van der Waals surface area contributed by atoms with Gasteiger partial charge in [0.2, 0.25) is 5.91 Å². The molecule has 0 aromatic carbocycles. The molecule has 0 aliphatic carbocycles. The second-order valence-electron chi connectivity index (χ2n) is 9.63. The van der Waals surface area contributed by atoms with Crippen LogP contribution in [0.4, 0.5) is 0 Å². The topological polar surface area (TPSA) is 58.6 Å². The number of nitrogens with one attached hydrogen (secondary N) is 1. The maximum atomic E-state index is 10.9. The van der Waals surface area contributed by atoms with Crippen LogP contribution in [-0.2, 0) is 9.53 Å². The highest BCUT2D eigenvalue weighted by molar-refractivity contribution is 5.72. The fourth-order valence-electron chi connectivity index (χ4n) is 2.63. The van der Waals surface area contributed by atoms with Crippen molar-refractivity contribution in [3.8, 4) is 0 Å². The molecule has 0 heterocycles. The Hall–Kier alpha value is -0.610. The predicted molar refractivity (Wildman–Crippen MR) is 112 cm³/mol. The van der Waals surface area contributed by atoms with Crippen LogP contribution in [0.15, 0.2) is 0 Å². The number of aliphatic hydroxyl groups is 1. The summed E-state index contributed by atoms with van der Waals surface area (Å²) in [6, 6.07) is 0. The highest BCUT2D eigenvalue weighted by Gasteiger charge is 2.22. The number of hydrogen-bond donors (Lipinski definition) is 2. The first-order chi connectivity index (χ1) is 11.8. The molecule has 1 unspecified atom stereocenters. The van der Waals surface area contributed by atoms with E-state index in [1.165, 1.54) is 26.2 Å². The van der Waals surface area contributed by atoms with Crippen LogP contribution in [0.1, 0.15) is 94.4 Å². The third-order valence-corrected chi connectivity index (χ3v) is 4.21. The average molecular weight is 374 g/mol. The van der Waals surface area contributed by atoms with E-state index >= 15 is 0 Å². The molecule has 0 spiro atoms. The fraction of sp³-hybridized carbons (Fsp3) is 0.955. The van der Waals surface area contributed by atoms with Crippen molar-refractivity contribution in [2.45, 2.75) is 101 Å². The van der Waals surface area contributed by atoms with Gasteiger partial charge in [-0.2, -0.15) is 0 Å². The van der Waals surface area contributed by atoms with E-state index in [4.69, 9.17) is 4.74 Å². The molecule has 0 saturated carbocycles. The molecule has 4 heteroatoms. The third kappa shape index (κ3) is 21.4. The van der Waals surface area contributed by atoms with Gasteiger partial charge in [0.05, 0.1) is 12.7 Å². The molecule has 1 atom stereocenters. The van der Waals surface area contributed by atoms with Gasteiger partial charge >= 0.3 is 0 Å². The van der Waals surface area contributed by atoms with Crippen molar-refractivity contribution in [3.63, 3.8) is 0 Å². The zero-order chi connectivity index (χ0) is 20.8. The summed E-state index contributed by atoms with van der Waals surface area (Å²) in [5.41, 5.74) is 0.0377. The zero-order valence-electron chi connectivity index (χ0n) is 19.1. The standard InChI is InChI=1S/C15H31NO3.C7H16/c1-12(17)9-14(3,4)7-8-19-11-15(5,6)10-16-13(2)18;1-4-5-6-7(2)3/h12,17H,7-11H2,1-6H3,(H,16,18);7H,4-6H2,1-3H3. The van der Waals surface area contributed by atoms with Gasteiger partial charge in [-0.1, -0.05) is 67.7 Å². The molecule has 0 aromatic rings. The Morgan fingerprint density at radius 2 is 1.69 bits per heavy atom. The van der Waals surface area contributed by atoms with Gasteiger partial charge in [-0.05, 0) is 31.1 Å². The molecule has 0 saturated heterocycles. The minimum Gasteiger partial charge on any atom is -0.393 e. The molecule has 2 N–H and O–H groups in total. The summed E-state index contributed by atoms with van der Waals surface area (Å²) in [4.78, 5) is 10.9. The smallest absolute Gasteiger partial charge is 0.216 e. The summed E-state index contributed by atoms with van der Waals surface area (Å²) in [5.74, 6) is 0.895. The van der Waals surface area contributed by atoms with Crippen molar-refractivity contribution >= 4 is 5.91 Å². The van der Waals surface area contributed by atoms with Gasteiger partial charge in [0, 0.05) is 25.5 Å². The van der Waals surface area contributed by atoms with Gasteiger partial charge in [-0.25, -0.2) is 0 Å². The summed E-state index contributed by atoms with van der Waals surface area (Å²) in [7, 11) is 0. The molecule has 1 amide bonds. The molecule has 0 radical (unpaired) electrons. The van der Waals surface area contributed by atoms with E-state index in [-0.39, 0.29) is 22.8 Å². The van der Waals surface area contributed by atoms with Crippen LogP contribution >= 0.6 is 0 Å². The molecule has 0 fully saturated rings. The van der Waals surface area contributed by atoms with E-state index in [9.17, 15) is 9.90 Å². The van der Waals surface area contributed by atoms with Gasteiger partial charge in [0.1, 0.15) is 0 Å². The molecule has 0 bridgehead atoms. The van der Waals surface area contributed by atoms with Gasteiger partial charge in [-0.15, -0.1) is 0 Å². The fourth-order valence-corrected chi connectivity index (χ4v) is 2.63. The molecule has 4 nitrogen and oxygen atoms in total. The Morgan fingerprint density at radius 3 is 2.08 bits per heavy atom. The minimum absolute atomic E-state index is 0.00820. The van der Waals surface area contributed by atoms with Gasteiger partial charge < -0.3 is 15.2 Å². The summed E-state index contributed by atoms with van der Waals surface area (Å²) >= 11 is 0. The lowest BCUT2D eigenvalue weighted by Crippen LogP contribution is -2.35. The van der Waals surface area contributed by atoms with E-state index in [0.717, 1.165) is 18.8 Å². The van der Waals surface area contributed by atoms with Crippen molar-refractivity contribution in [2.75, 3.05) is 19.8 Å². The van der Waals surface area contributed by atoms with Gasteiger partial charge in [0.25, 0.3) is 0 Å². The third-order valence-electron chi connectivity index (χ3n) is 4.21. The maximum absolute atomic E-state index is 10.9. The lowest BCUT2D eigenvalue weighted by molar-refractivity contribution is -0.119.